The summed E-state index contributed by atoms with van der Waals surface area (Å²) in [6.45, 7) is 4.82. The molecule has 0 rings (SSSR count). The van der Waals surface area contributed by atoms with E-state index in [0.29, 0.717) is 26.1 Å². The fraction of sp³-hybridized carbons (Fsp3) is 0.750. The third kappa shape index (κ3) is 23.5. The van der Waals surface area contributed by atoms with Crippen LogP contribution in [0.1, 0.15) is 90.9 Å². The number of ether oxygens (including phenoxy) is 2. The molecule has 9 heteroatoms. The highest BCUT2D eigenvalue weighted by Crippen LogP contribution is 2.43. The van der Waals surface area contributed by atoms with Crippen molar-refractivity contribution >= 4 is 19.8 Å². The van der Waals surface area contributed by atoms with E-state index in [1.807, 2.05) is 0 Å². The quantitative estimate of drug-likeness (QED) is 0.0847. The second-order valence-corrected chi connectivity index (χ2v) is 9.17. The SMILES string of the molecule is CC=CC(=O)OCCCCCCCCOP(=O)(O)OCCCCCCCCOC(=O)C=CC. The van der Waals surface area contributed by atoms with Gasteiger partial charge >= 0.3 is 19.8 Å². The van der Waals surface area contributed by atoms with Gasteiger partial charge in [-0.05, 0) is 39.5 Å². The Hall–Kier alpha value is -1.47. The second kappa shape index (κ2) is 22.3. The lowest BCUT2D eigenvalue weighted by molar-refractivity contribution is -0.138. The molecule has 0 aromatic rings. The van der Waals surface area contributed by atoms with Crippen molar-refractivity contribution in [2.45, 2.75) is 90.9 Å². The molecule has 0 aliphatic carbocycles. The molecule has 0 unspecified atom stereocenters. The molecule has 0 heterocycles. The Kier molecular flexibility index (Phi) is 21.3. The highest BCUT2D eigenvalue weighted by molar-refractivity contribution is 7.47. The molecule has 0 fully saturated rings. The standard InChI is InChI=1S/C24H43O8P/c1-3-17-23(25)29-19-13-9-5-7-11-15-21-31-33(27,28)32-22-16-12-8-6-10-14-20-30-24(26)18-4-2/h3-4,17-18H,5-16,19-22H2,1-2H3,(H,27,28). The van der Waals surface area contributed by atoms with Gasteiger partial charge in [-0.2, -0.15) is 0 Å². The Labute approximate surface area is 199 Å². The number of hydrogen-bond donors (Lipinski definition) is 1. The summed E-state index contributed by atoms with van der Waals surface area (Å²) in [6.07, 6.45) is 17.0. The molecular weight excluding hydrogens is 447 g/mol. The third-order valence-electron chi connectivity index (χ3n) is 4.68. The van der Waals surface area contributed by atoms with Crippen LogP contribution in [0.4, 0.5) is 0 Å². The monoisotopic (exact) mass is 490 g/mol. The van der Waals surface area contributed by atoms with Gasteiger partial charge < -0.3 is 14.4 Å². The summed E-state index contributed by atoms with van der Waals surface area (Å²) in [5.74, 6) is -0.607. The van der Waals surface area contributed by atoms with E-state index in [4.69, 9.17) is 18.5 Å². The Balaban J connectivity index is 3.43. The van der Waals surface area contributed by atoms with Crippen LogP contribution >= 0.6 is 7.82 Å². The van der Waals surface area contributed by atoms with Crippen molar-refractivity contribution in [1.82, 2.24) is 0 Å². The molecule has 0 aromatic heterocycles. The Morgan fingerprint density at radius 2 is 0.909 bits per heavy atom. The molecule has 0 aromatic carbocycles. The molecule has 0 saturated carbocycles. The lowest BCUT2D eigenvalue weighted by Crippen LogP contribution is -2.02. The van der Waals surface area contributed by atoms with E-state index in [9.17, 15) is 19.0 Å². The maximum absolute atomic E-state index is 11.8. The molecule has 0 spiro atoms. The Bertz CT molecular complexity index is 555. The van der Waals surface area contributed by atoms with Gasteiger partial charge in [-0.3, -0.25) is 9.05 Å². The van der Waals surface area contributed by atoms with Crippen molar-refractivity contribution in [2.24, 2.45) is 0 Å². The molecule has 0 radical (unpaired) electrons. The zero-order chi connectivity index (χ0) is 24.6. The predicted octanol–water partition coefficient (Wildman–Crippen LogP) is 6.04. The van der Waals surface area contributed by atoms with Gasteiger partial charge in [0.1, 0.15) is 0 Å². The lowest BCUT2D eigenvalue weighted by atomic mass is 10.1. The van der Waals surface area contributed by atoms with Gasteiger partial charge in [0.25, 0.3) is 0 Å². The maximum Gasteiger partial charge on any atom is 0.472 e. The van der Waals surface area contributed by atoms with Crippen LogP contribution in [0.5, 0.6) is 0 Å². The summed E-state index contributed by atoms with van der Waals surface area (Å²) in [7, 11) is -3.97. The average molecular weight is 491 g/mol. The van der Waals surface area contributed by atoms with Crippen LogP contribution < -0.4 is 0 Å². The fourth-order valence-corrected chi connectivity index (χ4v) is 3.73. The zero-order valence-electron chi connectivity index (χ0n) is 20.4. The number of carbonyl (C=O) groups excluding carboxylic acids is 2. The van der Waals surface area contributed by atoms with E-state index in [-0.39, 0.29) is 25.2 Å². The smallest absolute Gasteiger partial charge is 0.463 e. The molecule has 192 valence electrons. The summed E-state index contributed by atoms with van der Waals surface area (Å²) < 4.78 is 31.9. The second-order valence-electron chi connectivity index (χ2n) is 7.71. The first-order chi connectivity index (χ1) is 15.9. The fourth-order valence-electron chi connectivity index (χ4n) is 2.93. The number of allylic oxidation sites excluding steroid dienone is 2. The third-order valence-corrected chi connectivity index (χ3v) is 5.70. The van der Waals surface area contributed by atoms with Crippen LogP contribution in [0.3, 0.4) is 0 Å². The van der Waals surface area contributed by atoms with Crippen molar-refractivity contribution in [3.05, 3.63) is 24.3 Å². The molecular formula is C24H43O8P. The van der Waals surface area contributed by atoms with Crippen LogP contribution in [-0.4, -0.2) is 43.3 Å². The van der Waals surface area contributed by atoms with Crippen molar-refractivity contribution in [2.75, 3.05) is 26.4 Å². The number of hydrogen-bond acceptors (Lipinski definition) is 7. The summed E-state index contributed by atoms with van der Waals surface area (Å²) in [5.41, 5.74) is 0. The van der Waals surface area contributed by atoms with Gasteiger partial charge in [-0.25, -0.2) is 14.2 Å². The van der Waals surface area contributed by atoms with Gasteiger partial charge in [0.05, 0.1) is 26.4 Å². The largest absolute Gasteiger partial charge is 0.472 e. The van der Waals surface area contributed by atoms with Gasteiger partial charge in [-0.1, -0.05) is 63.5 Å². The molecule has 1 N–H and O–H groups in total. The highest BCUT2D eigenvalue weighted by atomic mass is 31.2. The first-order valence-electron chi connectivity index (χ1n) is 12.1. The van der Waals surface area contributed by atoms with Crippen molar-refractivity contribution < 1.29 is 37.6 Å². The molecule has 0 bridgehead atoms. The van der Waals surface area contributed by atoms with Crippen molar-refractivity contribution in [3.63, 3.8) is 0 Å². The molecule has 33 heavy (non-hydrogen) atoms. The van der Waals surface area contributed by atoms with Crippen molar-refractivity contribution in [3.8, 4) is 0 Å². The van der Waals surface area contributed by atoms with Crippen LogP contribution in [-0.2, 0) is 32.7 Å². The molecule has 0 aliphatic heterocycles. The average Bonchev–Trinajstić information content (AvgIpc) is 2.76. The first kappa shape index (κ1) is 31.5. The summed E-state index contributed by atoms with van der Waals surface area (Å²) in [4.78, 5) is 32.0. The molecule has 8 nitrogen and oxygen atoms in total. The summed E-state index contributed by atoms with van der Waals surface area (Å²) in [6, 6.07) is 0. The van der Waals surface area contributed by atoms with Gasteiger partial charge in [-0.15, -0.1) is 0 Å². The topological polar surface area (TPSA) is 108 Å². The molecule has 0 atom stereocenters. The molecule has 0 saturated heterocycles. The Morgan fingerprint density at radius 1 is 0.606 bits per heavy atom. The minimum absolute atomic E-state index is 0.202. The van der Waals surface area contributed by atoms with Crippen LogP contribution in [0, 0.1) is 0 Å². The van der Waals surface area contributed by atoms with E-state index in [1.165, 1.54) is 12.2 Å². The van der Waals surface area contributed by atoms with Crippen molar-refractivity contribution in [1.29, 1.82) is 0 Å². The number of esters is 2. The lowest BCUT2D eigenvalue weighted by Gasteiger charge is -2.12. The van der Waals surface area contributed by atoms with E-state index >= 15 is 0 Å². The summed E-state index contributed by atoms with van der Waals surface area (Å²) in [5, 5.41) is 0. The first-order valence-corrected chi connectivity index (χ1v) is 13.6. The summed E-state index contributed by atoms with van der Waals surface area (Å²) >= 11 is 0. The minimum atomic E-state index is -3.97. The normalized spacial score (nSPS) is 13.4. The molecule has 0 aliphatic rings. The van der Waals surface area contributed by atoms with Gasteiger partial charge in [0.2, 0.25) is 0 Å². The minimum Gasteiger partial charge on any atom is -0.463 e. The van der Waals surface area contributed by atoms with Crippen LogP contribution in [0.25, 0.3) is 0 Å². The van der Waals surface area contributed by atoms with Crippen LogP contribution in [0.2, 0.25) is 0 Å². The van der Waals surface area contributed by atoms with Crippen LogP contribution in [0.15, 0.2) is 24.3 Å². The van der Waals surface area contributed by atoms with E-state index in [2.05, 4.69) is 0 Å². The number of phosphoric acid groups is 1. The van der Waals surface area contributed by atoms with Gasteiger partial charge in [0.15, 0.2) is 0 Å². The number of rotatable bonds is 22. The number of carbonyl (C=O) groups is 2. The predicted molar refractivity (Wildman–Crippen MR) is 129 cm³/mol. The van der Waals surface area contributed by atoms with E-state index < -0.39 is 7.82 Å². The Morgan fingerprint density at radius 3 is 1.24 bits per heavy atom. The number of phosphoric ester groups is 1. The molecule has 0 amide bonds. The maximum atomic E-state index is 11.8. The highest BCUT2D eigenvalue weighted by Gasteiger charge is 2.19. The van der Waals surface area contributed by atoms with E-state index in [0.717, 1.165) is 64.2 Å². The van der Waals surface area contributed by atoms with E-state index in [1.54, 1.807) is 26.0 Å². The zero-order valence-corrected chi connectivity index (χ0v) is 21.3. The van der Waals surface area contributed by atoms with Gasteiger partial charge in [0, 0.05) is 12.2 Å². The number of unbranched alkanes of at least 4 members (excludes halogenated alkanes) is 10.